The molecular weight excluding hydrogens is 211 g/mol. The Morgan fingerprint density at radius 3 is 2.33 bits per heavy atom. The van der Waals surface area contributed by atoms with Crippen LogP contribution in [-0.2, 0) is 0 Å². The topological polar surface area (TPSA) is 0 Å². The molecule has 1 aromatic rings. The summed E-state index contributed by atoms with van der Waals surface area (Å²) in [5.74, 6) is 0. The quantitative estimate of drug-likeness (QED) is 0.645. The Hall–Kier alpha value is -0.261. The summed E-state index contributed by atoms with van der Waals surface area (Å²) in [6, 6.07) is 10.9. The molecule has 0 aromatic heterocycles. The standard InChI is InChI=1S/C11H14Se/c1-11(2)8-12-10(11)9-6-4-3-5-7-9/h3-7,10H,8H2,1-2H3/t10-/m0/s1. The van der Waals surface area contributed by atoms with E-state index in [0.29, 0.717) is 5.41 Å². The monoisotopic (exact) mass is 226 g/mol. The SMILES string of the molecule is CC1(C)C[Se][C@H]1c1ccccc1. The van der Waals surface area contributed by atoms with Crippen LogP contribution in [0.2, 0.25) is 5.32 Å². The molecule has 0 aliphatic carbocycles. The van der Waals surface area contributed by atoms with Crippen LogP contribution in [0.3, 0.4) is 0 Å². The first-order valence-corrected chi connectivity index (χ1v) is 6.57. The summed E-state index contributed by atoms with van der Waals surface area (Å²) in [6.45, 7) is 4.77. The van der Waals surface area contributed by atoms with Crippen LogP contribution in [-0.4, -0.2) is 15.0 Å². The van der Waals surface area contributed by atoms with Crippen LogP contribution in [0.5, 0.6) is 0 Å². The normalized spacial score (nSPS) is 26.3. The molecule has 0 saturated carbocycles. The molecule has 64 valence electrons. The van der Waals surface area contributed by atoms with Crippen LogP contribution in [0.4, 0.5) is 0 Å². The van der Waals surface area contributed by atoms with E-state index in [1.807, 2.05) is 0 Å². The Kier molecular flexibility index (Phi) is 2.02. The van der Waals surface area contributed by atoms with Gasteiger partial charge in [-0.2, -0.15) is 0 Å². The second-order valence-electron chi connectivity index (χ2n) is 4.09. The van der Waals surface area contributed by atoms with Gasteiger partial charge >= 0.3 is 80.3 Å². The third-order valence-electron chi connectivity index (χ3n) is 2.43. The molecule has 0 nitrogen and oxygen atoms in total. The molecule has 1 fully saturated rings. The molecule has 1 atom stereocenters. The van der Waals surface area contributed by atoms with Gasteiger partial charge in [-0.25, -0.2) is 0 Å². The first-order chi connectivity index (χ1) is 5.70. The molecule has 1 heteroatoms. The maximum absolute atomic E-state index is 2.38. The zero-order valence-corrected chi connectivity index (χ0v) is 9.29. The van der Waals surface area contributed by atoms with E-state index < -0.39 is 0 Å². The number of rotatable bonds is 1. The molecule has 0 bridgehead atoms. The molecule has 1 aromatic carbocycles. The molecule has 0 spiro atoms. The zero-order chi connectivity index (χ0) is 8.60. The Bertz CT molecular complexity index is 264. The van der Waals surface area contributed by atoms with Gasteiger partial charge in [-0.05, 0) is 0 Å². The van der Waals surface area contributed by atoms with Gasteiger partial charge in [-0.15, -0.1) is 0 Å². The molecule has 0 unspecified atom stereocenters. The van der Waals surface area contributed by atoms with E-state index in [1.165, 1.54) is 5.32 Å². The fourth-order valence-electron chi connectivity index (χ4n) is 1.68. The summed E-state index contributed by atoms with van der Waals surface area (Å²) in [5.41, 5.74) is 2.12. The molecule has 0 N–H and O–H groups in total. The Labute approximate surface area is 80.5 Å². The van der Waals surface area contributed by atoms with E-state index in [2.05, 4.69) is 44.2 Å². The minimum absolute atomic E-state index is 0.571. The van der Waals surface area contributed by atoms with E-state index in [-0.39, 0.29) is 0 Å². The van der Waals surface area contributed by atoms with Crippen molar-refractivity contribution in [1.82, 2.24) is 0 Å². The van der Waals surface area contributed by atoms with E-state index in [4.69, 9.17) is 0 Å². The van der Waals surface area contributed by atoms with E-state index in [0.717, 1.165) is 19.8 Å². The summed E-state index contributed by atoms with van der Waals surface area (Å²) in [5, 5.41) is 1.44. The van der Waals surface area contributed by atoms with Crippen LogP contribution in [0, 0.1) is 5.41 Å². The van der Waals surface area contributed by atoms with Gasteiger partial charge in [0.1, 0.15) is 0 Å². The van der Waals surface area contributed by atoms with Gasteiger partial charge in [0.2, 0.25) is 0 Å². The first kappa shape index (κ1) is 8.34. The van der Waals surface area contributed by atoms with Gasteiger partial charge in [0.05, 0.1) is 0 Å². The summed E-state index contributed by atoms with van der Waals surface area (Å²) >= 11 is 0.852. The van der Waals surface area contributed by atoms with Gasteiger partial charge in [0.15, 0.2) is 0 Å². The van der Waals surface area contributed by atoms with Crippen LogP contribution >= 0.6 is 0 Å². The summed E-state index contributed by atoms with van der Waals surface area (Å²) in [6.07, 6.45) is 0. The number of hydrogen-bond donors (Lipinski definition) is 0. The van der Waals surface area contributed by atoms with E-state index in [1.54, 1.807) is 5.56 Å². The average Bonchev–Trinajstić information content (AvgIpc) is 2.05. The third-order valence-corrected chi connectivity index (χ3v) is 6.95. The van der Waals surface area contributed by atoms with Gasteiger partial charge in [0, 0.05) is 0 Å². The summed E-state index contributed by atoms with van der Waals surface area (Å²) in [4.78, 5) is 0.867. The van der Waals surface area contributed by atoms with E-state index in [9.17, 15) is 0 Å². The van der Waals surface area contributed by atoms with Gasteiger partial charge < -0.3 is 0 Å². The van der Waals surface area contributed by atoms with Crippen molar-refractivity contribution in [2.45, 2.75) is 24.0 Å². The van der Waals surface area contributed by atoms with Crippen LogP contribution in [0.25, 0.3) is 0 Å². The fraction of sp³-hybridized carbons (Fsp3) is 0.455. The number of hydrogen-bond acceptors (Lipinski definition) is 0. The van der Waals surface area contributed by atoms with Crippen molar-refractivity contribution in [2.75, 3.05) is 0 Å². The first-order valence-electron chi connectivity index (χ1n) is 4.37. The van der Waals surface area contributed by atoms with Crippen molar-refractivity contribution in [2.24, 2.45) is 5.41 Å². The summed E-state index contributed by atoms with van der Waals surface area (Å²) < 4.78 is 0. The van der Waals surface area contributed by atoms with Crippen molar-refractivity contribution in [3.8, 4) is 0 Å². The van der Waals surface area contributed by atoms with Crippen LogP contribution in [0.1, 0.15) is 24.2 Å². The van der Waals surface area contributed by atoms with Crippen molar-refractivity contribution in [3.05, 3.63) is 35.9 Å². The van der Waals surface area contributed by atoms with Crippen LogP contribution in [0.15, 0.2) is 30.3 Å². The predicted octanol–water partition coefficient (Wildman–Crippen LogP) is 2.89. The minimum atomic E-state index is 0.571. The van der Waals surface area contributed by atoms with Gasteiger partial charge in [-0.1, -0.05) is 0 Å². The molecule has 1 heterocycles. The second-order valence-corrected chi connectivity index (χ2v) is 6.38. The molecular formula is C11H14Se. The Morgan fingerprint density at radius 2 is 1.92 bits per heavy atom. The number of benzene rings is 1. The summed E-state index contributed by atoms with van der Waals surface area (Å²) in [7, 11) is 0. The molecule has 0 amide bonds. The Morgan fingerprint density at radius 1 is 1.25 bits per heavy atom. The molecule has 1 saturated heterocycles. The second kappa shape index (κ2) is 2.90. The van der Waals surface area contributed by atoms with Crippen molar-refractivity contribution in [1.29, 1.82) is 0 Å². The Balaban J connectivity index is 2.22. The van der Waals surface area contributed by atoms with Gasteiger partial charge in [-0.3, -0.25) is 0 Å². The van der Waals surface area contributed by atoms with Gasteiger partial charge in [0.25, 0.3) is 0 Å². The molecule has 12 heavy (non-hydrogen) atoms. The maximum atomic E-state index is 2.38. The average molecular weight is 225 g/mol. The third kappa shape index (κ3) is 1.32. The zero-order valence-electron chi connectivity index (χ0n) is 7.58. The molecule has 2 rings (SSSR count). The van der Waals surface area contributed by atoms with Crippen molar-refractivity contribution >= 4 is 15.0 Å². The van der Waals surface area contributed by atoms with Crippen molar-refractivity contribution in [3.63, 3.8) is 0 Å². The fourth-order valence-corrected chi connectivity index (χ4v) is 4.51. The predicted molar refractivity (Wildman–Crippen MR) is 53.5 cm³/mol. The molecule has 1 aliphatic heterocycles. The van der Waals surface area contributed by atoms with Crippen molar-refractivity contribution < 1.29 is 0 Å². The molecule has 0 radical (unpaired) electrons. The van der Waals surface area contributed by atoms with Crippen LogP contribution < -0.4 is 0 Å². The van der Waals surface area contributed by atoms with E-state index >= 15 is 0 Å². The molecule has 1 aliphatic rings.